The van der Waals surface area contributed by atoms with Crippen molar-refractivity contribution in [1.82, 2.24) is 0 Å². The van der Waals surface area contributed by atoms with Crippen molar-refractivity contribution < 1.29 is 4.79 Å². The Kier molecular flexibility index (Phi) is 4.62. The first-order valence-corrected chi connectivity index (χ1v) is 6.16. The van der Waals surface area contributed by atoms with Crippen molar-refractivity contribution in [3.63, 3.8) is 0 Å². The number of anilines is 1. The van der Waals surface area contributed by atoms with Gasteiger partial charge in [-0.25, -0.2) is 0 Å². The fraction of sp³-hybridized carbons (Fsp3) is 0.308. The number of hydrogen-bond donors (Lipinski definition) is 1. The Balaban J connectivity index is 2.71. The number of carbonyl (C=O) groups excluding carboxylic acids is 1. The molecule has 1 rings (SSSR count). The van der Waals surface area contributed by atoms with E-state index >= 15 is 0 Å². The Labute approximate surface area is 101 Å². The molecule has 0 heterocycles. The van der Waals surface area contributed by atoms with E-state index in [1.54, 1.807) is 6.92 Å². The first-order chi connectivity index (χ1) is 7.50. The number of benzene rings is 1. The van der Waals surface area contributed by atoms with Crippen LogP contribution < -0.4 is 5.73 Å². The highest BCUT2D eigenvalue weighted by molar-refractivity contribution is 8.13. The van der Waals surface area contributed by atoms with Crippen molar-refractivity contribution in [3.05, 3.63) is 34.9 Å². The van der Waals surface area contributed by atoms with Crippen LogP contribution in [0.3, 0.4) is 0 Å². The van der Waals surface area contributed by atoms with Crippen molar-refractivity contribution in [2.45, 2.75) is 20.8 Å². The summed E-state index contributed by atoms with van der Waals surface area (Å²) in [5.74, 6) is 0.720. The molecule has 0 bridgehead atoms. The molecule has 86 valence electrons. The molecule has 3 heteroatoms. The smallest absolute Gasteiger partial charge is 0.186 e. The zero-order chi connectivity index (χ0) is 12.1. The number of carbonyl (C=O) groups is 1. The van der Waals surface area contributed by atoms with Crippen LogP contribution in [0.5, 0.6) is 0 Å². The van der Waals surface area contributed by atoms with E-state index in [0.29, 0.717) is 0 Å². The maximum Gasteiger partial charge on any atom is 0.186 e. The number of nitrogen functional groups attached to an aromatic ring is 1. The third kappa shape index (κ3) is 3.74. The van der Waals surface area contributed by atoms with Gasteiger partial charge in [0.05, 0.1) is 0 Å². The zero-order valence-corrected chi connectivity index (χ0v) is 10.7. The molecular formula is C13H17NOS. The first-order valence-electron chi connectivity index (χ1n) is 5.17. The van der Waals surface area contributed by atoms with Crippen LogP contribution in [-0.2, 0) is 4.79 Å². The molecule has 0 aromatic heterocycles. The monoisotopic (exact) mass is 235 g/mol. The topological polar surface area (TPSA) is 43.1 Å². The summed E-state index contributed by atoms with van der Waals surface area (Å²) in [5.41, 5.74) is 10.1. The molecule has 0 fully saturated rings. The highest BCUT2D eigenvalue weighted by Gasteiger charge is 1.99. The van der Waals surface area contributed by atoms with Gasteiger partial charge in [0.2, 0.25) is 0 Å². The minimum atomic E-state index is 0.148. The van der Waals surface area contributed by atoms with E-state index in [1.165, 1.54) is 11.8 Å². The van der Waals surface area contributed by atoms with Gasteiger partial charge in [-0.1, -0.05) is 23.9 Å². The third-order valence-corrected chi connectivity index (χ3v) is 3.07. The summed E-state index contributed by atoms with van der Waals surface area (Å²) in [6.07, 6.45) is 4.02. The Morgan fingerprint density at radius 2 is 1.94 bits per heavy atom. The number of aryl methyl sites for hydroxylation is 2. The van der Waals surface area contributed by atoms with Crippen LogP contribution in [0.15, 0.2) is 18.2 Å². The van der Waals surface area contributed by atoms with E-state index in [1.807, 2.05) is 26.0 Å². The van der Waals surface area contributed by atoms with Crippen molar-refractivity contribution in [1.29, 1.82) is 0 Å². The van der Waals surface area contributed by atoms with E-state index in [2.05, 4.69) is 12.1 Å². The molecule has 0 saturated heterocycles. The van der Waals surface area contributed by atoms with Crippen LogP contribution in [0.4, 0.5) is 5.69 Å². The number of hydrogen-bond acceptors (Lipinski definition) is 3. The minimum Gasteiger partial charge on any atom is -0.398 e. The van der Waals surface area contributed by atoms with Gasteiger partial charge in [-0.3, -0.25) is 4.79 Å². The molecule has 1 aromatic rings. The SMILES string of the molecule is CC(=O)SCC=Cc1cc(C)c(N)c(C)c1. The second kappa shape index (κ2) is 5.75. The van der Waals surface area contributed by atoms with Gasteiger partial charge in [-0.05, 0) is 42.7 Å². The molecule has 0 spiro atoms. The maximum atomic E-state index is 10.7. The Hall–Kier alpha value is -1.22. The summed E-state index contributed by atoms with van der Waals surface area (Å²) in [4.78, 5) is 10.7. The lowest BCUT2D eigenvalue weighted by atomic mass is 10.0. The normalized spacial score (nSPS) is 10.9. The van der Waals surface area contributed by atoms with Gasteiger partial charge in [-0.15, -0.1) is 0 Å². The molecule has 16 heavy (non-hydrogen) atoms. The van der Waals surface area contributed by atoms with Crippen molar-refractivity contribution in [2.75, 3.05) is 11.5 Å². The van der Waals surface area contributed by atoms with Crippen LogP contribution in [0.2, 0.25) is 0 Å². The van der Waals surface area contributed by atoms with E-state index in [4.69, 9.17) is 5.73 Å². The maximum absolute atomic E-state index is 10.7. The molecule has 0 aliphatic rings. The second-order valence-corrected chi connectivity index (χ2v) is 4.97. The molecule has 0 saturated carbocycles. The molecule has 0 amide bonds. The molecule has 1 aromatic carbocycles. The number of thioether (sulfide) groups is 1. The van der Waals surface area contributed by atoms with Crippen molar-refractivity contribution >= 4 is 28.6 Å². The fourth-order valence-electron chi connectivity index (χ4n) is 1.45. The standard InChI is InChI=1S/C13H17NOS/c1-9-7-12(8-10(2)13(9)14)5-4-6-16-11(3)15/h4-5,7-8H,6,14H2,1-3H3. The van der Waals surface area contributed by atoms with Gasteiger partial charge in [-0.2, -0.15) is 0 Å². The quantitative estimate of drug-likeness (QED) is 0.818. The highest BCUT2D eigenvalue weighted by Crippen LogP contribution is 2.19. The lowest BCUT2D eigenvalue weighted by Gasteiger charge is -2.05. The highest BCUT2D eigenvalue weighted by atomic mass is 32.2. The summed E-state index contributed by atoms with van der Waals surface area (Å²) >= 11 is 1.31. The van der Waals surface area contributed by atoms with E-state index in [0.717, 1.165) is 28.1 Å². The average molecular weight is 235 g/mol. The van der Waals surface area contributed by atoms with Crippen LogP contribution in [-0.4, -0.2) is 10.9 Å². The number of rotatable bonds is 3. The predicted octanol–water partition coefficient (Wildman–Crippen LogP) is 3.18. The van der Waals surface area contributed by atoms with Gasteiger partial charge in [0.1, 0.15) is 0 Å². The molecule has 2 nitrogen and oxygen atoms in total. The van der Waals surface area contributed by atoms with E-state index in [9.17, 15) is 4.79 Å². The summed E-state index contributed by atoms with van der Waals surface area (Å²) < 4.78 is 0. The van der Waals surface area contributed by atoms with Crippen LogP contribution in [0.25, 0.3) is 6.08 Å². The summed E-state index contributed by atoms with van der Waals surface area (Å²) in [5, 5.41) is 0.148. The van der Waals surface area contributed by atoms with Gasteiger partial charge in [0.15, 0.2) is 5.12 Å². The Bertz CT molecular complexity index is 401. The van der Waals surface area contributed by atoms with Crippen molar-refractivity contribution in [2.24, 2.45) is 0 Å². The summed E-state index contributed by atoms with van der Waals surface area (Å²) in [6.45, 7) is 5.59. The van der Waals surface area contributed by atoms with Gasteiger partial charge in [0, 0.05) is 18.4 Å². The Morgan fingerprint density at radius 1 is 1.38 bits per heavy atom. The van der Waals surface area contributed by atoms with E-state index < -0.39 is 0 Å². The second-order valence-electron chi connectivity index (χ2n) is 3.77. The Morgan fingerprint density at radius 3 is 2.44 bits per heavy atom. The molecular weight excluding hydrogens is 218 g/mol. The predicted molar refractivity (Wildman–Crippen MR) is 72.5 cm³/mol. The van der Waals surface area contributed by atoms with Gasteiger partial charge in [0.25, 0.3) is 0 Å². The van der Waals surface area contributed by atoms with Gasteiger partial charge < -0.3 is 5.73 Å². The number of nitrogens with two attached hydrogens (primary N) is 1. The lowest BCUT2D eigenvalue weighted by Crippen LogP contribution is -1.94. The molecule has 2 N–H and O–H groups in total. The van der Waals surface area contributed by atoms with E-state index in [-0.39, 0.29) is 5.12 Å². The summed E-state index contributed by atoms with van der Waals surface area (Å²) in [7, 11) is 0. The average Bonchev–Trinajstić information content (AvgIpc) is 2.20. The van der Waals surface area contributed by atoms with Crippen LogP contribution >= 0.6 is 11.8 Å². The molecule has 0 aliphatic heterocycles. The molecule has 0 unspecified atom stereocenters. The molecule has 0 atom stereocenters. The lowest BCUT2D eigenvalue weighted by molar-refractivity contribution is -0.109. The minimum absolute atomic E-state index is 0.148. The third-order valence-electron chi connectivity index (χ3n) is 2.31. The molecule has 0 aliphatic carbocycles. The van der Waals surface area contributed by atoms with Crippen LogP contribution in [0, 0.1) is 13.8 Å². The zero-order valence-electron chi connectivity index (χ0n) is 9.91. The summed E-state index contributed by atoms with van der Waals surface area (Å²) in [6, 6.07) is 4.11. The molecule has 0 radical (unpaired) electrons. The van der Waals surface area contributed by atoms with Crippen LogP contribution in [0.1, 0.15) is 23.6 Å². The first kappa shape index (κ1) is 12.8. The van der Waals surface area contributed by atoms with Crippen molar-refractivity contribution in [3.8, 4) is 0 Å². The van der Waals surface area contributed by atoms with Gasteiger partial charge >= 0.3 is 0 Å². The largest absolute Gasteiger partial charge is 0.398 e. The fourth-order valence-corrected chi connectivity index (χ4v) is 1.88.